The Morgan fingerprint density at radius 3 is 3.00 bits per heavy atom. The Morgan fingerprint density at radius 2 is 2.33 bits per heavy atom. The van der Waals surface area contributed by atoms with Gasteiger partial charge in [0.1, 0.15) is 5.82 Å². The van der Waals surface area contributed by atoms with Crippen LogP contribution < -0.4 is 15.8 Å². The zero-order valence-electron chi connectivity index (χ0n) is 8.21. The number of nitrogens with one attached hydrogen (secondary N) is 1. The Balaban J connectivity index is 2.45. The molecule has 1 heterocycles. The lowest BCUT2D eigenvalue weighted by Crippen LogP contribution is -2.36. The van der Waals surface area contributed by atoms with Gasteiger partial charge in [-0.25, -0.2) is 4.39 Å². The van der Waals surface area contributed by atoms with Crippen molar-refractivity contribution in [2.75, 3.05) is 11.1 Å². The van der Waals surface area contributed by atoms with Crippen molar-refractivity contribution in [3.8, 4) is 5.75 Å². The molecule has 1 unspecified atom stereocenters. The summed E-state index contributed by atoms with van der Waals surface area (Å²) in [7, 11) is 0. The molecule has 0 saturated carbocycles. The first kappa shape index (κ1) is 9.76. The molecule has 0 aliphatic carbocycles. The SMILES string of the molecule is CCC1Oc2c(N)cc(F)cc2NC1=O. The molecule has 3 N–H and O–H groups in total. The van der Waals surface area contributed by atoms with Crippen molar-refractivity contribution in [2.45, 2.75) is 19.4 Å². The number of fused-ring (bicyclic) bond motifs is 1. The third-order valence-corrected chi connectivity index (χ3v) is 2.26. The lowest BCUT2D eigenvalue weighted by Gasteiger charge is -2.25. The van der Waals surface area contributed by atoms with Crippen LogP contribution in [-0.2, 0) is 4.79 Å². The first-order chi connectivity index (χ1) is 7.11. The number of carbonyl (C=O) groups excluding carboxylic acids is 1. The highest BCUT2D eigenvalue weighted by Gasteiger charge is 2.27. The Kier molecular flexibility index (Phi) is 2.22. The molecule has 2 rings (SSSR count). The topological polar surface area (TPSA) is 64.3 Å². The number of hydrogen-bond donors (Lipinski definition) is 2. The van der Waals surface area contributed by atoms with Crippen LogP contribution in [0.3, 0.4) is 0 Å². The van der Waals surface area contributed by atoms with Gasteiger partial charge in [-0.15, -0.1) is 0 Å². The number of nitrogen functional groups attached to an aromatic ring is 1. The van der Waals surface area contributed by atoms with Crippen molar-refractivity contribution in [1.82, 2.24) is 0 Å². The van der Waals surface area contributed by atoms with E-state index in [1.54, 1.807) is 0 Å². The first-order valence-electron chi connectivity index (χ1n) is 4.68. The van der Waals surface area contributed by atoms with Gasteiger partial charge in [-0.2, -0.15) is 0 Å². The summed E-state index contributed by atoms with van der Waals surface area (Å²) in [4.78, 5) is 11.4. The Hall–Kier alpha value is -1.78. The molecule has 0 aromatic heterocycles. The molecule has 1 aliphatic rings. The quantitative estimate of drug-likeness (QED) is 0.690. The van der Waals surface area contributed by atoms with Gasteiger partial charge in [0.2, 0.25) is 0 Å². The molecular formula is C10H11FN2O2. The molecule has 1 atom stereocenters. The number of hydrogen-bond acceptors (Lipinski definition) is 3. The number of anilines is 2. The fourth-order valence-corrected chi connectivity index (χ4v) is 1.52. The largest absolute Gasteiger partial charge is 0.476 e. The summed E-state index contributed by atoms with van der Waals surface area (Å²) in [6.45, 7) is 1.83. The molecule has 1 aliphatic heterocycles. The van der Waals surface area contributed by atoms with Crippen molar-refractivity contribution < 1.29 is 13.9 Å². The number of benzene rings is 1. The summed E-state index contributed by atoms with van der Waals surface area (Å²) < 4.78 is 18.4. The van der Waals surface area contributed by atoms with Gasteiger partial charge in [-0.3, -0.25) is 4.79 Å². The number of nitrogens with two attached hydrogens (primary N) is 1. The minimum absolute atomic E-state index is 0.198. The van der Waals surface area contributed by atoms with Gasteiger partial charge in [-0.05, 0) is 6.42 Å². The van der Waals surface area contributed by atoms with E-state index in [-0.39, 0.29) is 11.6 Å². The summed E-state index contributed by atoms with van der Waals surface area (Å²) in [5.74, 6) is -0.414. The fraction of sp³-hybridized carbons (Fsp3) is 0.300. The maximum absolute atomic E-state index is 13.0. The van der Waals surface area contributed by atoms with E-state index in [2.05, 4.69) is 5.32 Å². The van der Waals surface area contributed by atoms with E-state index in [0.717, 1.165) is 0 Å². The second-order valence-electron chi connectivity index (χ2n) is 3.38. The summed E-state index contributed by atoms with van der Waals surface area (Å²) in [6, 6.07) is 2.36. The molecular weight excluding hydrogens is 199 g/mol. The molecule has 80 valence electrons. The predicted molar refractivity (Wildman–Crippen MR) is 54.1 cm³/mol. The van der Waals surface area contributed by atoms with Gasteiger partial charge in [0.05, 0.1) is 11.4 Å². The highest BCUT2D eigenvalue weighted by Crippen LogP contribution is 2.36. The van der Waals surface area contributed by atoms with Gasteiger partial charge >= 0.3 is 0 Å². The van der Waals surface area contributed by atoms with Gasteiger partial charge < -0.3 is 15.8 Å². The highest BCUT2D eigenvalue weighted by atomic mass is 19.1. The predicted octanol–water partition coefficient (Wildman–Crippen LogP) is 1.52. The Bertz CT molecular complexity index is 420. The summed E-state index contributed by atoms with van der Waals surface area (Å²) in [5.41, 5.74) is 6.08. The second kappa shape index (κ2) is 3.42. The zero-order chi connectivity index (χ0) is 11.0. The van der Waals surface area contributed by atoms with E-state index in [4.69, 9.17) is 10.5 Å². The maximum Gasteiger partial charge on any atom is 0.265 e. The molecule has 1 amide bonds. The molecule has 4 nitrogen and oxygen atoms in total. The third kappa shape index (κ3) is 1.60. The van der Waals surface area contributed by atoms with E-state index >= 15 is 0 Å². The highest BCUT2D eigenvalue weighted by molar-refractivity contribution is 5.99. The van der Waals surface area contributed by atoms with Crippen LogP contribution in [0.1, 0.15) is 13.3 Å². The molecule has 1 aromatic rings. The summed E-state index contributed by atoms with van der Waals surface area (Å²) >= 11 is 0. The van der Waals surface area contributed by atoms with E-state index in [1.807, 2.05) is 6.92 Å². The van der Waals surface area contributed by atoms with Gasteiger partial charge in [0.25, 0.3) is 5.91 Å². The van der Waals surface area contributed by atoms with E-state index < -0.39 is 11.9 Å². The number of halogens is 1. The van der Waals surface area contributed by atoms with Gasteiger partial charge in [0.15, 0.2) is 11.9 Å². The van der Waals surface area contributed by atoms with E-state index in [1.165, 1.54) is 12.1 Å². The lowest BCUT2D eigenvalue weighted by atomic mass is 10.1. The van der Waals surface area contributed by atoms with Crippen molar-refractivity contribution in [1.29, 1.82) is 0 Å². The number of ether oxygens (including phenoxy) is 1. The first-order valence-corrected chi connectivity index (χ1v) is 4.68. The maximum atomic E-state index is 13.0. The number of rotatable bonds is 1. The van der Waals surface area contributed by atoms with Crippen molar-refractivity contribution >= 4 is 17.3 Å². The van der Waals surface area contributed by atoms with Crippen molar-refractivity contribution in [2.24, 2.45) is 0 Å². The average Bonchev–Trinajstić information content (AvgIpc) is 2.16. The molecule has 0 saturated heterocycles. The third-order valence-electron chi connectivity index (χ3n) is 2.26. The molecule has 5 heteroatoms. The molecule has 0 spiro atoms. The van der Waals surface area contributed by atoms with Crippen LogP contribution in [-0.4, -0.2) is 12.0 Å². The van der Waals surface area contributed by atoms with Crippen LogP contribution in [0.25, 0.3) is 0 Å². The zero-order valence-corrected chi connectivity index (χ0v) is 8.21. The molecule has 15 heavy (non-hydrogen) atoms. The molecule has 0 fully saturated rings. The van der Waals surface area contributed by atoms with Crippen molar-refractivity contribution in [3.05, 3.63) is 17.9 Å². The lowest BCUT2D eigenvalue weighted by molar-refractivity contribution is -0.123. The monoisotopic (exact) mass is 210 g/mol. The summed E-state index contributed by atoms with van der Waals surface area (Å²) in [5, 5.41) is 2.56. The van der Waals surface area contributed by atoms with E-state index in [0.29, 0.717) is 17.9 Å². The van der Waals surface area contributed by atoms with Crippen molar-refractivity contribution in [3.63, 3.8) is 0 Å². The average molecular weight is 210 g/mol. The molecule has 0 bridgehead atoms. The molecule has 1 aromatic carbocycles. The van der Waals surface area contributed by atoms with Crippen LogP contribution >= 0.6 is 0 Å². The van der Waals surface area contributed by atoms with Crippen LogP contribution in [0, 0.1) is 5.82 Å². The fourth-order valence-electron chi connectivity index (χ4n) is 1.52. The summed E-state index contributed by atoms with van der Waals surface area (Å²) in [6.07, 6.45) is -0.00694. The van der Waals surface area contributed by atoms with Gasteiger partial charge in [0, 0.05) is 12.1 Å². The van der Waals surface area contributed by atoms with Crippen LogP contribution in [0.5, 0.6) is 5.75 Å². The van der Waals surface area contributed by atoms with Gasteiger partial charge in [-0.1, -0.05) is 6.92 Å². The van der Waals surface area contributed by atoms with Crippen LogP contribution in [0.2, 0.25) is 0 Å². The number of amides is 1. The second-order valence-corrected chi connectivity index (χ2v) is 3.38. The van der Waals surface area contributed by atoms with E-state index in [9.17, 15) is 9.18 Å². The minimum atomic E-state index is -0.551. The number of carbonyl (C=O) groups is 1. The Labute approximate surface area is 86.2 Å². The van der Waals surface area contributed by atoms with Crippen LogP contribution in [0.15, 0.2) is 12.1 Å². The molecule has 0 radical (unpaired) electrons. The normalized spacial score (nSPS) is 19.1. The minimum Gasteiger partial charge on any atom is -0.476 e. The standard InChI is InChI=1S/C10H11FN2O2/c1-2-8-10(14)13-7-4-5(11)3-6(12)9(7)15-8/h3-4,8H,2,12H2,1H3,(H,13,14). The Morgan fingerprint density at radius 1 is 1.60 bits per heavy atom. The smallest absolute Gasteiger partial charge is 0.265 e. The van der Waals surface area contributed by atoms with Crippen LogP contribution in [0.4, 0.5) is 15.8 Å².